The number of nitriles is 1. The number of ether oxygens (including phenoxy) is 2. The van der Waals surface area contributed by atoms with Gasteiger partial charge in [0.25, 0.3) is 5.91 Å². The fraction of sp³-hybridized carbons (Fsp3) is 0.409. The molecule has 1 aliphatic carbocycles. The van der Waals surface area contributed by atoms with E-state index in [1.54, 1.807) is 21.0 Å². The molecule has 1 N–H and O–H groups in total. The van der Waals surface area contributed by atoms with Gasteiger partial charge in [0.15, 0.2) is 6.61 Å². The Kier molecular flexibility index (Phi) is 5.55. The van der Waals surface area contributed by atoms with Crippen molar-refractivity contribution in [3.05, 3.63) is 42.0 Å². The second-order valence-corrected chi connectivity index (χ2v) is 7.44. The van der Waals surface area contributed by atoms with E-state index in [0.29, 0.717) is 0 Å². The normalized spacial score (nSPS) is 16.5. The van der Waals surface area contributed by atoms with E-state index in [1.165, 1.54) is 0 Å². The standard InChI is InChI=1S/C22H24N2O4/c1-14(15-4-5-17-11-19(27-3)9-6-16(17)10-15)21(26)28-12-20(25)24-22(2,13-23)18-7-8-18/h4-6,9-11,14,18H,7-8,12H2,1-3H3,(H,24,25)/t14-,22+/m0/s1. The number of nitrogens with zero attached hydrogens (tertiary/aromatic N) is 1. The van der Waals surface area contributed by atoms with Crippen molar-refractivity contribution in [2.45, 2.75) is 38.1 Å². The third kappa shape index (κ3) is 4.25. The number of amides is 1. The molecule has 0 spiro atoms. The van der Waals surface area contributed by atoms with Crippen LogP contribution in [0.1, 0.15) is 38.2 Å². The number of fused-ring (bicyclic) bond motifs is 1. The molecule has 2 atom stereocenters. The van der Waals surface area contributed by atoms with Gasteiger partial charge in [-0.15, -0.1) is 0 Å². The van der Waals surface area contributed by atoms with E-state index in [0.717, 1.165) is 34.9 Å². The van der Waals surface area contributed by atoms with Gasteiger partial charge in [-0.05, 0) is 61.1 Å². The molecule has 1 fully saturated rings. The highest BCUT2D eigenvalue weighted by molar-refractivity contribution is 5.87. The van der Waals surface area contributed by atoms with Crippen molar-refractivity contribution in [1.82, 2.24) is 5.32 Å². The zero-order chi connectivity index (χ0) is 20.3. The smallest absolute Gasteiger partial charge is 0.313 e. The van der Waals surface area contributed by atoms with Gasteiger partial charge in [-0.25, -0.2) is 0 Å². The van der Waals surface area contributed by atoms with E-state index >= 15 is 0 Å². The van der Waals surface area contributed by atoms with Gasteiger partial charge >= 0.3 is 5.97 Å². The van der Waals surface area contributed by atoms with Crippen molar-refractivity contribution in [3.8, 4) is 11.8 Å². The number of methoxy groups -OCH3 is 1. The summed E-state index contributed by atoms with van der Waals surface area (Å²) >= 11 is 0. The van der Waals surface area contributed by atoms with Gasteiger partial charge in [-0.1, -0.05) is 24.3 Å². The zero-order valence-corrected chi connectivity index (χ0v) is 16.3. The Bertz CT molecular complexity index is 945. The van der Waals surface area contributed by atoms with Gasteiger partial charge in [0.1, 0.15) is 11.3 Å². The van der Waals surface area contributed by atoms with Crippen LogP contribution in [0.3, 0.4) is 0 Å². The fourth-order valence-corrected chi connectivity index (χ4v) is 3.24. The lowest BCUT2D eigenvalue weighted by atomic mass is 9.97. The Hall–Kier alpha value is -3.07. The molecular weight excluding hydrogens is 356 g/mol. The van der Waals surface area contributed by atoms with Crippen LogP contribution in [0.5, 0.6) is 5.75 Å². The number of hydrogen-bond donors (Lipinski definition) is 1. The minimum absolute atomic E-state index is 0.173. The van der Waals surface area contributed by atoms with Gasteiger partial charge in [-0.3, -0.25) is 9.59 Å². The fourth-order valence-electron chi connectivity index (χ4n) is 3.24. The number of carbonyl (C=O) groups is 2. The summed E-state index contributed by atoms with van der Waals surface area (Å²) in [5.41, 5.74) is -0.0861. The Labute approximate surface area is 164 Å². The summed E-state index contributed by atoms with van der Waals surface area (Å²) in [4.78, 5) is 24.5. The summed E-state index contributed by atoms with van der Waals surface area (Å²) in [6, 6.07) is 13.6. The number of nitrogens with one attached hydrogen (secondary N) is 1. The SMILES string of the molecule is COc1ccc2cc([C@H](C)C(=O)OCC(=O)N[C@](C)(C#N)C3CC3)ccc2c1. The molecule has 2 aromatic rings. The minimum Gasteiger partial charge on any atom is -0.497 e. The monoisotopic (exact) mass is 380 g/mol. The van der Waals surface area contributed by atoms with Crippen molar-refractivity contribution < 1.29 is 19.1 Å². The van der Waals surface area contributed by atoms with Crippen LogP contribution in [0.25, 0.3) is 10.8 Å². The summed E-state index contributed by atoms with van der Waals surface area (Å²) in [6.45, 7) is 3.06. The lowest BCUT2D eigenvalue weighted by molar-refractivity contribution is -0.150. The molecule has 0 aromatic heterocycles. The van der Waals surface area contributed by atoms with Crippen LogP contribution < -0.4 is 10.1 Å². The predicted molar refractivity (Wildman–Crippen MR) is 105 cm³/mol. The molecule has 0 saturated heterocycles. The number of carbonyl (C=O) groups excluding carboxylic acids is 2. The summed E-state index contributed by atoms with van der Waals surface area (Å²) in [5, 5.41) is 14.0. The van der Waals surface area contributed by atoms with Crippen LogP contribution in [0, 0.1) is 17.2 Å². The van der Waals surface area contributed by atoms with E-state index in [1.807, 2.05) is 36.4 Å². The first-order valence-electron chi connectivity index (χ1n) is 9.33. The number of hydrogen-bond acceptors (Lipinski definition) is 5. The molecule has 28 heavy (non-hydrogen) atoms. The lowest BCUT2D eigenvalue weighted by Gasteiger charge is -2.22. The van der Waals surface area contributed by atoms with E-state index in [-0.39, 0.29) is 5.92 Å². The minimum atomic E-state index is -0.894. The highest BCUT2D eigenvalue weighted by Gasteiger charge is 2.43. The molecule has 1 amide bonds. The largest absolute Gasteiger partial charge is 0.497 e. The third-order valence-corrected chi connectivity index (χ3v) is 5.30. The van der Waals surface area contributed by atoms with E-state index in [9.17, 15) is 14.9 Å². The van der Waals surface area contributed by atoms with Gasteiger partial charge in [-0.2, -0.15) is 5.26 Å². The molecular formula is C22H24N2O4. The molecule has 0 unspecified atom stereocenters. The Morgan fingerprint density at radius 1 is 1.25 bits per heavy atom. The topological polar surface area (TPSA) is 88.4 Å². The molecule has 1 aliphatic rings. The van der Waals surface area contributed by atoms with Gasteiger partial charge in [0.2, 0.25) is 0 Å². The molecule has 3 rings (SSSR count). The predicted octanol–water partition coefficient (Wildman–Crippen LogP) is 3.30. The highest BCUT2D eigenvalue weighted by atomic mass is 16.5. The van der Waals surface area contributed by atoms with Crippen LogP contribution >= 0.6 is 0 Å². The van der Waals surface area contributed by atoms with Crippen molar-refractivity contribution in [2.24, 2.45) is 5.92 Å². The van der Waals surface area contributed by atoms with Gasteiger partial charge in [0, 0.05) is 0 Å². The maximum atomic E-state index is 12.4. The van der Waals surface area contributed by atoms with Crippen LogP contribution in [0.2, 0.25) is 0 Å². The van der Waals surface area contributed by atoms with Crippen LogP contribution in [-0.2, 0) is 14.3 Å². The molecule has 1 saturated carbocycles. The van der Waals surface area contributed by atoms with Gasteiger partial charge < -0.3 is 14.8 Å². The molecule has 0 aliphatic heterocycles. The molecule has 2 aromatic carbocycles. The number of esters is 1. The molecule has 6 nitrogen and oxygen atoms in total. The number of rotatable bonds is 7. The maximum Gasteiger partial charge on any atom is 0.313 e. The lowest BCUT2D eigenvalue weighted by Crippen LogP contribution is -2.48. The van der Waals surface area contributed by atoms with Crippen molar-refractivity contribution in [3.63, 3.8) is 0 Å². The first-order chi connectivity index (χ1) is 13.4. The zero-order valence-electron chi connectivity index (χ0n) is 16.3. The average molecular weight is 380 g/mol. The first kappa shape index (κ1) is 19.7. The summed E-state index contributed by atoms with van der Waals surface area (Å²) in [5.74, 6) is -0.498. The van der Waals surface area contributed by atoms with Crippen LogP contribution in [0.15, 0.2) is 36.4 Å². The van der Waals surface area contributed by atoms with E-state index in [2.05, 4.69) is 11.4 Å². The number of benzene rings is 2. The average Bonchev–Trinajstić information content (AvgIpc) is 3.56. The van der Waals surface area contributed by atoms with Crippen LogP contribution in [0.4, 0.5) is 0 Å². The Morgan fingerprint density at radius 2 is 1.93 bits per heavy atom. The van der Waals surface area contributed by atoms with Crippen LogP contribution in [-0.4, -0.2) is 31.1 Å². The molecule has 6 heteroatoms. The Morgan fingerprint density at radius 3 is 2.57 bits per heavy atom. The summed E-state index contributed by atoms with van der Waals surface area (Å²) in [6.07, 6.45) is 1.85. The quantitative estimate of drug-likeness (QED) is 0.745. The summed E-state index contributed by atoms with van der Waals surface area (Å²) < 4.78 is 10.4. The second-order valence-electron chi connectivity index (χ2n) is 7.44. The molecule has 0 heterocycles. The Balaban J connectivity index is 1.60. The van der Waals surface area contributed by atoms with Crippen molar-refractivity contribution in [2.75, 3.05) is 13.7 Å². The maximum absolute atomic E-state index is 12.4. The molecule has 0 radical (unpaired) electrons. The molecule has 0 bridgehead atoms. The van der Waals surface area contributed by atoms with Crippen molar-refractivity contribution in [1.29, 1.82) is 5.26 Å². The third-order valence-electron chi connectivity index (χ3n) is 5.30. The van der Waals surface area contributed by atoms with E-state index < -0.39 is 29.9 Å². The second kappa shape index (κ2) is 7.89. The first-order valence-corrected chi connectivity index (χ1v) is 9.33. The highest BCUT2D eigenvalue weighted by Crippen LogP contribution is 2.39. The van der Waals surface area contributed by atoms with Crippen molar-refractivity contribution >= 4 is 22.6 Å². The summed E-state index contributed by atoms with van der Waals surface area (Å²) in [7, 11) is 1.62. The van der Waals surface area contributed by atoms with Gasteiger partial charge in [0.05, 0.1) is 19.1 Å². The molecule has 146 valence electrons. The van der Waals surface area contributed by atoms with E-state index in [4.69, 9.17) is 9.47 Å².